The third-order valence-electron chi connectivity index (χ3n) is 3.52. The predicted octanol–water partition coefficient (Wildman–Crippen LogP) is 3.15. The Morgan fingerprint density at radius 3 is 2.76 bits per heavy atom. The van der Waals surface area contributed by atoms with Crippen molar-refractivity contribution in [3.05, 3.63) is 72.1 Å². The van der Waals surface area contributed by atoms with Gasteiger partial charge < -0.3 is 4.74 Å². The molecule has 4 rings (SSSR count). The minimum atomic E-state index is 0.0439. The second kappa shape index (κ2) is 4.98. The fourth-order valence-corrected chi connectivity index (χ4v) is 2.43. The second-order valence-corrected chi connectivity index (χ2v) is 4.92. The molecule has 3 heterocycles. The number of hydrogen-bond donors (Lipinski definition) is 0. The number of rotatable bonds is 2. The first-order valence-electron chi connectivity index (χ1n) is 6.88. The zero-order chi connectivity index (χ0) is 14.1. The van der Waals surface area contributed by atoms with Crippen molar-refractivity contribution in [2.24, 2.45) is 4.99 Å². The van der Waals surface area contributed by atoms with Gasteiger partial charge >= 0.3 is 0 Å². The van der Waals surface area contributed by atoms with Crippen molar-refractivity contribution in [2.45, 2.75) is 6.04 Å². The summed E-state index contributed by atoms with van der Waals surface area (Å²) in [6.45, 7) is 0.557. The van der Waals surface area contributed by atoms with Gasteiger partial charge in [-0.05, 0) is 29.8 Å². The standard InChI is InChI=1S/C17H13N3O/c1-2-5-12(6-3-1)15-11-21-17(20-15)14-9-8-13-7-4-10-18-16(13)19-14/h1-10,15H,11H2. The molecule has 102 valence electrons. The first kappa shape index (κ1) is 12.0. The monoisotopic (exact) mass is 275 g/mol. The zero-order valence-corrected chi connectivity index (χ0v) is 11.3. The SMILES string of the molecule is c1ccc(C2COC(c3ccc4cccnc4n3)=N2)cc1. The van der Waals surface area contributed by atoms with Crippen LogP contribution in [0.1, 0.15) is 17.3 Å². The average molecular weight is 275 g/mol. The van der Waals surface area contributed by atoms with Crippen LogP contribution in [0.15, 0.2) is 65.8 Å². The molecular formula is C17H13N3O. The Kier molecular flexibility index (Phi) is 2.85. The molecule has 4 heteroatoms. The Balaban J connectivity index is 1.69. The third kappa shape index (κ3) is 2.25. The lowest BCUT2D eigenvalue weighted by atomic mass is 10.1. The molecule has 0 saturated heterocycles. The molecule has 2 aromatic heterocycles. The van der Waals surface area contributed by atoms with Crippen LogP contribution in [-0.2, 0) is 4.74 Å². The summed E-state index contributed by atoms with van der Waals surface area (Å²) in [6.07, 6.45) is 1.74. The number of aliphatic imine (C=N–C) groups is 1. The molecule has 1 aliphatic heterocycles. The predicted molar refractivity (Wildman–Crippen MR) is 81.2 cm³/mol. The Morgan fingerprint density at radius 1 is 0.952 bits per heavy atom. The van der Waals surface area contributed by atoms with Crippen LogP contribution in [0.3, 0.4) is 0 Å². The van der Waals surface area contributed by atoms with E-state index < -0.39 is 0 Å². The van der Waals surface area contributed by atoms with Gasteiger partial charge in [-0.15, -0.1) is 0 Å². The number of aromatic nitrogens is 2. The topological polar surface area (TPSA) is 47.4 Å². The van der Waals surface area contributed by atoms with Crippen LogP contribution in [0.4, 0.5) is 0 Å². The van der Waals surface area contributed by atoms with Gasteiger partial charge in [-0.25, -0.2) is 15.0 Å². The van der Waals surface area contributed by atoms with Crippen LogP contribution in [-0.4, -0.2) is 22.5 Å². The highest BCUT2D eigenvalue weighted by atomic mass is 16.5. The van der Waals surface area contributed by atoms with Crippen molar-refractivity contribution < 1.29 is 4.74 Å². The lowest BCUT2D eigenvalue weighted by Crippen LogP contribution is -2.04. The third-order valence-corrected chi connectivity index (χ3v) is 3.52. The molecular weight excluding hydrogens is 262 g/mol. The lowest BCUT2D eigenvalue weighted by Gasteiger charge is -2.03. The molecule has 0 saturated carbocycles. The molecule has 21 heavy (non-hydrogen) atoms. The molecule has 1 atom stereocenters. The van der Waals surface area contributed by atoms with E-state index in [4.69, 9.17) is 4.74 Å². The Bertz CT molecular complexity index is 814. The van der Waals surface area contributed by atoms with E-state index in [0.717, 1.165) is 16.6 Å². The summed E-state index contributed by atoms with van der Waals surface area (Å²) in [4.78, 5) is 13.4. The van der Waals surface area contributed by atoms with Gasteiger partial charge in [0.1, 0.15) is 18.3 Å². The molecule has 0 fully saturated rings. The van der Waals surface area contributed by atoms with Crippen molar-refractivity contribution in [3.63, 3.8) is 0 Å². The Labute approximate surface area is 122 Å². The van der Waals surface area contributed by atoms with Crippen molar-refractivity contribution in [1.82, 2.24) is 9.97 Å². The van der Waals surface area contributed by atoms with Crippen LogP contribution in [0, 0.1) is 0 Å². The van der Waals surface area contributed by atoms with Gasteiger partial charge in [0, 0.05) is 11.6 Å². The summed E-state index contributed by atoms with van der Waals surface area (Å²) in [6, 6.07) is 18.0. The van der Waals surface area contributed by atoms with Crippen LogP contribution >= 0.6 is 0 Å². The fourth-order valence-electron chi connectivity index (χ4n) is 2.43. The van der Waals surface area contributed by atoms with Crippen molar-refractivity contribution in [2.75, 3.05) is 6.61 Å². The van der Waals surface area contributed by atoms with E-state index in [-0.39, 0.29) is 6.04 Å². The first-order valence-corrected chi connectivity index (χ1v) is 6.88. The maximum atomic E-state index is 5.71. The molecule has 0 aliphatic carbocycles. The number of fused-ring (bicyclic) bond motifs is 1. The van der Waals surface area contributed by atoms with Crippen molar-refractivity contribution in [3.8, 4) is 0 Å². The highest BCUT2D eigenvalue weighted by Crippen LogP contribution is 2.24. The van der Waals surface area contributed by atoms with Crippen LogP contribution in [0.25, 0.3) is 11.0 Å². The van der Waals surface area contributed by atoms with E-state index in [2.05, 4.69) is 27.1 Å². The molecule has 0 radical (unpaired) electrons. The van der Waals surface area contributed by atoms with Crippen LogP contribution in [0.2, 0.25) is 0 Å². The van der Waals surface area contributed by atoms with Gasteiger partial charge in [0.05, 0.1) is 0 Å². The van der Waals surface area contributed by atoms with Crippen molar-refractivity contribution in [1.29, 1.82) is 0 Å². The van der Waals surface area contributed by atoms with Gasteiger partial charge in [0.2, 0.25) is 5.90 Å². The van der Waals surface area contributed by atoms with E-state index in [1.165, 1.54) is 0 Å². The highest BCUT2D eigenvalue weighted by Gasteiger charge is 2.22. The molecule has 3 aromatic rings. The average Bonchev–Trinajstić information content (AvgIpc) is 3.05. The van der Waals surface area contributed by atoms with Gasteiger partial charge in [-0.1, -0.05) is 30.3 Å². The molecule has 1 unspecified atom stereocenters. The quantitative estimate of drug-likeness (QED) is 0.721. The summed E-state index contributed by atoms with van der Waals surface area (Å²) in [5.74, 6) is 0.594. The van der Waals surface area contributed by atoms with Gasteiger partial charge in [0.25, 0.3) is 0 Å². The van der Waals surface area contributed by atoms with E-state index in [1.807, 2.05) is 42.5 Å². The molecule has 1 aliphatic rings. The van der Waals surface area contributed by atoms with E-state index in [1.54, 1.807) is 6.20 Å². The van der Waals surface area contributed by atoms with Gasteiger partial charge in [-0.3, -0.25) is 0 Å². The molecule has 0 bridgehead atoms. The zero-order valence-electron chi connectivity index (χ0n) is 11.3. The summed E-state index contributed by atoms with van der Waals surface area (Å²) in [7, 11) is 0. The summed E-state index contributed by atoms with van der Waals surface area (Å²) < 4.78 is 5.71. The normalized spacial score (nSPS) is 17.5. The number of benzene rings is 1. The van der Waals surface area contributed by atoms with Gasteiger partial charge in [0.15, 0.2) is 5.65 Å². The van der Waals surface area contributed by atoms with Crippen LogP contribution < -0.4 is 0 Å². The minimum absolute atomic E-state index is 0.0439. The Hall–Kier alpha value is -2.75. The number of ether oxygens (including phenoxy) is 1. The number of nitrogens with zero attached hydrogens (tertiary/aromatic N) is 3. The molecule has 1 aromatic carbocycles. The maximum Gasteiger partial charge on any atom is 0.236 e. The first-order chi connectivity index (χ1) is 10.4. The fraction of sp³-hybridized carbons (Fsp3) is 0.118. The lowest BCUT2D eigenvalue weighted by molar-refractivity contribution is 0.319. The highest BCUT2D eigenvalue weighted by molar-refractivity contribution is 5.95. The van der Waals surface area contributed by atoms with Gasteiger partial charge in [-0.2, -0.15) is 0 Å². The van der Waals surface area contributed by atoms with E-state index >= 15 is 0 Å². The smallest absolute Gasteiger partial charge is 0.236 e. The largest absolute Gasteiger partial charge is 0.474 e. The second-order valence-electron chi connectivity index (χ2n) is 4.92. The molecule has 0 spiro atoms. The van der Waals surface area contributed by atoms with E-state index in [9.17, 15) is 0 Å². The molecule has 0 N–H and O–H groups in total. The number of hydrogen-bond acceptors (Lipinski definition) is 4. The van der Waals surface area contributed by atoms with Crippen LogP contribution in [0.5, 0.6) is 0 Å². The number of pyridine rings is 2. The minimum Gasteiger partial charge on any atom is -0.474 e. The van der Waals surface area contributed by atoms with Crippen molar-refractivity contribution >= 4 is 16.9 Å². The Morgan fingerprint density at radius 2 is 1.86 bits per heavy atom. The van der Waals surface area contributed by atoms with E-state index in [0.29, 0.717) is 18.2 Å². The molecule has 4 nitrogen and oxygen atoms in total. The summed E-state index contributed by atoms with van der Waals surface area (Å²) >= 11 is 0. The molecule has 0 amide bonds. The summed E-state index contributed by atoms with van der Waals surface area (Å²) in [5, 5.41) is 1.01. The summed E-state index contributed by atoms with van der Waals surface area (Å²) in [5.41, 5.74) is 2.61. The maximum absolute atomic E-state index is 5.71.